The van der Waals surface area contributed by atoms with Crippen molar-refractivity contribution in [3.63, 3.8) is 0 Å². The van der Waals surface area contributed by atoms with Crippen LogP contribution < -0.4 is 4.74 Å². The Morgan fingerprint density at radius 3 is 2.38 bits per heavy atom. The molecule has 1 aromatic carbocycles. The van der Waals surface area contributed by atoms with Crippen molar-refractivity contribution < 1.29 is 27.4 Å². The van der Waals surface area contributed by atoms with Gasteiger partial charge in [0.15, 0.2) is 0 Å². The molecule has 3 nitrogen and oxygen atoms in total. The first-order valence-electron chi connectivity index (χ1n) is 6.35. The number of esters is 1. The van der Waals surface area contributed by atoms with E-state index in [0.29, 0.717) is 5.56 Å². The highest BCUT2D eigenvalue weighted by atomic mass is 19.4. The Balaban J connectivity index is 2.42. The molecular weight excluding hydrogens is 285 g/mol. The van der Waals surface area contributed by atoms with E-state index in [9.17, 15) is 18.0 Å². The summed E-state index contributed by atoms with van der Waals surface area (Å²) in [5.74, 6) is -0.938. The van der Waals surface area contributed by atoms with Gasteiger partial charge in [-0.15, -0.1) is 0 Å². The maximum absolute atomic E-state index is 13.1. The number of benzene rings is 1. The standard InChI is InChI=1S/C15H15F3O3/c1-14(2,3)21-13(19)10-8-9-6-4-5-7-11(9)20-12(10)15(16,17)18/h4-8,12H,1-3H3. The minimum absolute atomic E-state index is 0.0899. The van der Waals surface area contributed by atoms with Crippen molar-refractivity contribution in [2.75, 3.05) is 0 Å². The van der Waals surface area contributed by atoms with Crippen LogP contribution in [0.25, 0.3) is 6.08 Å². The molecule has 0 N–H and O–H groups in total. The van der Waals surface area contributed by atoms with E-state index in [1.54, 1.807) is 39.0 Å². The minimum Gasteiger partial charge on any atom is -0.475 e. The summed E-state index contributed by atoms with van der Waals surface area (Å²) in [5, 5.41) is 0. The summed E-state index contributed by atoms with van der Waals surface area (Å²) in [6.45, 7) is 4.77. The number of rotatable bonds is 1. The molecule has 1 heterocycles. The normalized spacial score (nSPS) is 18.4. The molecule has 6 heteroatoms. The number of halogens is 3. The number of ether oxygens (including phenoxy) is 2. The van der Waals surface area contributed by atoms with Gasteiger partial charge in [-0.05, 0) is 32.9 Å². The van der Waals surface area contributed by atoms with Crippen molar-refractivity contribution in [2.24, 2.45) is 0 Å². The molecule has 0 radical (unpaired) electrons. The Kier molecular flexibility index (Phi) is 3.74. The van der Waals surface area contributed by atoms with Gasteiger partial charge in [0.1, 0.15) is 11.4 Å². The van der Waals surface area contributed by atoms with Gasteiger partial charge in [0.25, 0.3) is 0 Å². The van der Waals surface area contributed by atoms with E-state index in [1.807, 2.05) is 0 Å². The fourth-order valence-corrected chi connectivity index (χ4v) is 1.89. The lowest BCUT2D eigenvalue weighted by molar-refractivity contribution is -0.189. The Labute approximate surface area is 120 Å². The monoisotopic (exact) mass is 300 g/mol. The zero-order chi connectivity index (χ0) is 15.8. The summed E-state index contributed by atoms with van der Waals surface area (Å²) in [6, 6.07) is 6.22. The largest absolute Gasteiger partial charge is 0.475 e. The molecule has 0 saturated carbocycles. The van der Waals surface area contributed by atoms with Gasteiger partial charge in [0, 0.05) is 5.56 Å². The Morgan fingerprint density at radius 2 is 1.81 bits per heavy atom. The molecule has 1 aliphatic heterocycles. The molecular formula is C15H15F3O3. The molecule has 114 valence electrons. The molecule has 0 spiro atoms. The van der Waals surface area contributed by atoms with E-state index in [1.165, 1.54) is 12.1 Å². The third kappa shape index (κ3) is 3.56. The smallest absolute Gasteiger partial charge is 0.430 e. The lowest BCUT2D eigenvalue weighted by atomic mass is 10.0. The van der Waals surface area contributed by atoms with Crippen LogP contribution >= 0.6 is 0 Å². The van der Waals surface area contributed by atoms with Crippen molar-refractivity contribution in [1.29, 1.82) is 0 Å². The molecule has 0 bridgehead atoms. The third-order valence-corrected chi connectivity index (χ3v) is 2.69. The minimum atomic E-state index is -4.70. The number of hydrogen-bond acceptors (Lipinski definition) is 3. The number of hydrogen-bond donors (Lipinski definition) is 0. The third-order valence-electron chi connectivity index (χ3n) is 2.69. The lowest BCUT2D eigenvalue weighted by Crippen LogP contribution is -2.42. The highest BCUT2D eigenvalue weighted by Crippen LogP contribution is 2.37. The van der Waals surface area contributed by atoms with E-state index < -0.39 is 29.4 Å². The molecule has 21 heavy (non-hydrogen) atoms. The van der Waals surface area contributed by atoms with Crippen LogP contribution in [-0.4, -0.2) is 23.9 Å². The van der Waals surface area contributed by atoms with Crippen LogP contribution in [0.1, 0.15) is 26.3 Å². The van der Waals surface area contributed by atoms with Crippen LogP contribution in [-0.2, 0) is 9.53 Å². The van der Waals surface area contributed by atoms with Gasteiger partial charge >= 0.3 is 12.1 Å². The Morgan fingerprint density at radius 1 is 1.19 bits per heavy atom. The van der Waals surface area contributed by atoms with E-state index in [0.717, 1.165) is 0 Å². The van der Waals surface area contributed by atoms with E-state index >= 15 is 0 Å². The first-order chi connectivity index (χ1) is 9.58. The average Bonchev–Trinajstić information content (AvgIpc) is 2.34. The van der Waals surface area contributed by atoms with Gasteiger partial charge < -0.3 is 9.47 Å². The SMILES string of the molecule is CC(C)(C)OC(=O)C1=Cc2ccccc2OC1C(F)(F)F. The van der Waals surface area contributed by atoms with E-state index in [2.05, 4.69) is 0 Å². The first kappa shape index (κ1) is 15.4. The summed E-state index contributed by atoms with van der Waals surface area (Å²) in [7, 11) is 0. The summed E-state index contributed by atoms with van der Waals surface area (Å²) >= 11 is 0. The molecule has 1 atom stereocenters. The van der Waals surface area contributed by atoms with Crippen LogP contribution in [0.4, 0.5) is 13.2 Å². The maximum atomic E-state index is 13.1. The second-order valence-corrected chi connectivity index (χ2v) is 5.68. The van der Waals surface area contributed by atoms with Crippen LogP contribution in [0.5, 0.6) is 5.75 Å². The molecule has 1 unspecified atom stereocenters. The predicted molar refractivity (Wildman–Crippen MR) is 70.7 cm³/mol. The van der Waals surface area contributed by atoms with Crippen LogP contribution in [0.2, 0.25) is 0 Å². The first-order valence-corrected chi connectivity index (χ1v) is 6.35. The number of para-hydroxylation sites is 1. The molecule has 2 rings (SSSR count). The number of carbonyl (C=O) groups is 1. The van der Waals surface area contributed by atoms with Gasteiger partial charge in [0.05, 0.1) is 5.57 Å². The van der Waals surface area contributed by atoms with Crippen molar-refractivity contribution in [3.05, 3.63) is 35.4 Å². The van der Waals surface area contributed by atoms with Crippen molar-refractivity contribution in [1.82, 2.24) is 0 Å². The van der Waals surface area contributed by atoms with E-state index in [-0.39, 0.29) is 5.75 Å². The molecule has 0 aromatic heterocycles. The average molecular weight is 300 g/mol. The van der Waals surface area contributed by atoms with Gasteiger partial charge in [-0.25, -0.2) is 4.79 Å². The second kappa shape index (κ2) is 5.09. The maximum Gasteiger partial charge on any atom is 0.430 e. The van der Waals surface area contributed by atoms with Gasteiger partial charge in [-0.2, -0.15) is 13.2 Å². The Hall–Kier alpha value is -1.98. The molecule has 1 aromatic rings. The van der Waals surface area contributed by atoms with Crippen LogP contribution in [0, 0.1) is 0 Å². The molecule has 0 amide bonds. The lowest BCUT2D eigenvalue weighted by Gasteiger charge is -2.29. The molecule has 1 aliphatic rings. The van der Waals surface area contributed by atoms with Crippen LogP contribution in [0.15, 0.2) is 29.8 Å². The topological polar surface area (TPSA) is 35.5 Å². The fraction of sp³-hybridized carbons (Fsp3) is 0.400. The summed E-state index contributed by atoms with van der Waals surface area (Å²) in [4.78, 5) is 12.0. The predicted octanol–water partition coefficient (Wildman–Crippen LogP) is 3.74. The van der Waals surface area contributed by atoms with Crippen LogP contribution in [0.3, 0.4) is 0 Å². The quantitative estimate of drug-likeness (QED) is 0.741. The summed E-state index contributed by atoms with van der Waals surface area (Å²) < 4.78 is 49.3. The molecule has 0 aliphatic carbocycles. The van der Waals surface area contributed by atoms with Crippen molar-refractivity contribution in [3.8, 4) is 5.75 Å². The summed E-state index contributed by atoms with van der Waals surface area (Å²) in [6.07, 6.45) is -5.84. The van der Waals surface area contributed by atoms with Gasteiger partial charge in [0.2, 0.25) is 6.10 Å². The van der Waals surface area contributed by atoms with Crippen molar-refractivity contribution >= 4 is 12.0 Å². The summed E-state index contributed by atoms with van der Waals surface area (Å²) in [5.41, 5.74) is -1.01. The zero-order valence-corrected chi connectivity index (χ0v) is 11.8. The number of alkyl halides is 3. The Bertz CT molecular complexity index is 583. The van der Waals surface area contributed by atoms with Gasteiger partial charge in [-0.1, -0.05) is 18.2 Å². The van der Waals surface area contributed by atoms with E-state index in [4.69, 9.17) is 9.47 Å². The molecule has 0 saturated heterocycles. The van der Waals surface area contributed by atoms with Crippen molar-refractivity contribution in [2.45, 2.75) is 38.7 Å². The number of carbonyl (C=O) groups excluding carboxylic acids is 1. The highest BCUT2D eigenvalue weighted by molar-refractivity contribution is 5.96. The van der Waals surface area contributed by atoms with Gasteiger partial charge in [-0.3, -0.25) is 0 Å². The highest BCUT2D eigenvalue weighted by Gasteiger charge is 2.49. The molecule has 0 fully saturated rings. The second-order valence-electron chi connectivity index (χ2n) is 5.68. The zero-order valence-electron chi connectivity index (χ0n) is 11.8. The fourth-order valence-electron chi connectivity index (χ4n) is 1.89. The number of fused-ring (bicyclic) bond motifs is 1.